The number of rotatable bonds is 2. The molecule has 0 unspecified atom stereocenters. The Bertz CT molecular complexity index is 1390. The van der Waals surface area contributed by atoms with Crippen LogP contribution in [0, 0.1) is 31.0 Å². The number of hydrogen-bond acceptors (Lipinski definition) is 6. The summed E-state index contributed by atoms with van der Waals surface area (Å²) in [7, 11) is 0. The minimum atomic E-state index is -0.461. The summed E-state index contributed by atoms with van der Waals surface area (Å²) in [5.41, 5.74) is 3.44. The first-order chi connectivity index (χ1) is 14.4. The largest absolute Gasteiger partial charge is 0.389 e. The fourth-order valence-corrected chi connectivity index (χ4v) is 4.15. The van der Waals surface area contributed by atoms with E-state index in [0.29, 0.717) is 41.2 Å². The maximum Gasteiger partial charge on any atom is 0.177 e. The molecule has 0 radical (unpaired) electrons. The Morgan fingerprint density at radius 3 is 2.73 bits per heavy atom. The molecule has 0 spiro atoms. The SMILES string of the molecule is Cc1ccc2c(-c3c(C)nc4c(C#N)c(Cl)nn4c3N3CC(O)C3)ccnc2c1F. The Morgan fingerprint density at radius 2 is 2.03 bits per heavy atom. The Morgan fingerprint density at radius 1 is 1.27 bits per heavy atom. The molecule has 0 bridgehead atoms. The number of aromatic nitrogens is 4. The zero-order valence-electron chi connectivity index (χ0n) is 16.2. The van der Waals surface area contributed by atoms with Gasteiger partial charge in [-0.05, 0) is 31.0 Å². The second-order valence-electron chi connectivity index (χ2n) is 7.42. The molecule has 150 valence electrons. The quantitative estimate of drug-likeness (QED) is 0.532. The second-order valence-corrected chi connectivity index (χ2v) is 7.78. The smallest absolute Gasteiger partial charge is 0.177 e. The molecule has 1 N–H and O–H groups in total. The van der Waals surface area contributed by atoms with Gasteiger partial charge in [0, 0.05) is 30.2 Å². The summed E-state index contributed by atoms with van der Waals surface area (Å²) in [4.78, 5) is 10.8. The fourth-order valence-electron chi connectivity index (χ4n) is 3.95. The summed E-state index contributed by atoms with van der Waals surface area (Å²) in [6.45, 7) is 4.33. The van der Waals surface area contributed by atoms with Crippen molar-refractivity contribution in [2.75, 3.05) is 18.0 Å². The third-order valence-corrected chi connectivity index (χ3v) is 5.73. The van der Waals surface area contributed by atoms with Crippen LogP contribution in [0.15, 0.2) is 24.4 Å². The van der Waals surface area contributed by atoms with E-state index in [4.69, 9.17) is 11.6 Å². The van der Waals surface area contributed by atoms with E-state index in [1.54, 1.807) is 19.2 Å². The number of β-amino-alcohol motifs (C(OH)–C–C–N with tert-alkyl or cyclic N) is 1. The minimum Gasteiger partial charge on any atom is -0.389 e. The van der Waals surface area contributed by atoms with Crippen LogP contribution in [-0.4, -0.2) is 43.9 Å². The number of aliphatic hydroxyl groups excluding tert-OH is 1. The molecule has 1 fully saturated rings. The standard InChI is InChI=1S/C21H16ClFN6O/c1-10-3-4-14-13(5-6-25-18(14)17(10)23)16-11(2)26-20-15(7-24)19(22)27-29(20)21(16)28-8-12(30)9-28/h3-6,12,30H,8-9H2,1-2H3. The summed E-state index contributed by atoms with van der Waals surface area (Å²) in [5.74, 6) is 0.288. The van der Waals surface area contributed by atoms with E-state index in [1.165, 1.54) is 4.52 Å². The van der Waals surface area contributed by atoms with Gasteiger partial charge in [-0.25, -0.2) is 9.37 Å². The van der Waals surface area contributed by atoms with E-state index in [2.05, 4.69) is 21.1 Å². The molecule has 5 rings (SSSR count). The number of aryl methyl sites for hydroxylation is 2. The van der Waals surface area contributed by atoms with Gasteiger partial charge in [0.1, 0.15) is 23.0 Å². The van der Waals surface area contributed by atoms with Crippen molar-refractivity contribution in [3.8, 4) is 17.2 Å². The minimum absolute atomic E-state index is 0.0603. The van der Waals surface area contributed by atoms with Gasteiger partial charge in [0.15, 0.2) is 16.6 Å². The Hall–Kier alpha value is -3.28. The average molecular weight is 423 g/mol. The van der Waals surface area contributed by atoms with Gasteiger partial charge in [-0.3, -0.25) is 4.98 Å². The summed E-state index contributed by atoms with van der Waals surface area (Å²) in [6.07, 6.45) is 1.10. The van der Waals surface area contributed by atoms with Crippen LogP contribution in [-0.2, 0) is 0 Å². The van der Waals surface area contributed by atoms with Crippen molar-refractivity contribution in [3.63, 3.8) is 0 Å². The topological polar surface area (TPSA) is 90.3 Å². The molecular formula is C21H16ClFN6O. The molecule has 1 saturated heterocycles. The highest BCUT2D eigenvalue weighted by atomic mass is 35.5. The number of fused-ring (bicyclic) bond motifs is 2. The lowest BCUT2D eigenvalue weighted by molar-refractivity contribution is 0.141. The van der Waals surface area contributed by atoms with Gasteiger partial charge < -0.3 is 10.0 Å². The van der Waals surface area contributed by atoms with Gasteiger partial charge in [0.25, 0.3) is 0 Å². The van der Waals surface area contributed by atoms with E-state index in [9.17, 15) is 14.8 Å². The summed E-state index contributed by atoms with van der Waals surface area (Å²) >= 11 is 6.20. The van der Waals surface area contributed by atoms with E-state index in [-0.39, 0.29) is 22.1 Å². The van der Waals surface area contributed by atoms with Crippen LogP contribution in [0.2, 0.25) is 5.15 Å². The maximum absolute atomic E-state index is 14.7. The van der Waals surface area contributed by atoms with Gasteiger partial charge >= 0.3 is 0 Å². The number of halogens is 2. The van der Waals surface area contributed by atoms with Crippen LogP contribution in [0.3, 0.4) is 0 Å². The molecule has 4 aromatic rings. The van der Waals surface area contributed by atoms with Crippen molar-refractivity contribution in [3.05, 3.63) is 52.2 Å². The highest BCUT2D eigenvalue weighted by Crippen LogP contribution is 2.40. The molecule has 7 nitrogen and oxygen atoms in total. The third-order valence-electron chi connectivity index (χ3n) is 5.47. The number of benzene rings is 1. The molecule has 0 saturated carbocycles. The van der Waals surface area contributed by atoms with Gasteiger partial charge in [0.05, 0.1) is 11.8 Å². The van der Waals surface area contributed by atoms with Crippen LogP contribution < -0.4 is 4.90 Å². The molecule has 30 heavy (non-hydrogen) atoms. The third kappa shape index (κ3) is 2.56. The van der Waals surface area contributed by atoms with Crippen LogP contribution in [0.1, 0.15) is 16.8 Å². The first kappa shape index (κ1) is 18.7. The normalized spacial score (nSPS) is 14.3. The van der Waals surface area contributed by atoms with Crippen molar-refractivity contribution in [2.24, 2.45) is 0 Å². The predicted octanol–water partition coefficient (Wildman–Crippen LogP) is 3.41. The molecular weight excluding hydrogens is 407 g/mol. The fraction of sp³-hybridized carbons (Fsp3) is 0.238. The summed E-state index contributed by atoms with van der Waals surface area (Å²) in [6, 6.07) is 7.42. The summed E-state index contributed by atoms with van der Waals surface area (Å²) < 4.78 is 16.3. The number of nitrogens with zero attached hydrogens (tertiary/aromatic N) is 6. The monoisotopic (exact) mass is 422 g/mol. The lowest BCUT2D eigenvalue weighted by Gasteiger charge is -2.39. The molecule has 1 aliphatic rings. The predicted molar refractivity (Wildman–Crippen MR) is 111 cm³/mol. The molecule has 0 aliphatic carbocycles. The zero-order valence-corrected chi connectivity index (χ0v) is 16.9. The molecule has 3 aromatic heterocycles. The van der Waals surface area contributed by atoms with Crippen LogP contribution in [0.25, 0.3) is 27.7 Å². The van der Waals surface area contributed by atoms with Crippen molar-refractivity contribution in [1.82, 2.24) is 19.6 Å². The van der Waals surface area contributed by atoms with Gasteiger partial charge in [-0.15, -0.1) is 0 Å². The first-order valence-corrected chi connectivity index (χ1v) is 9.74. The molecule has 0 amide bonds. The molecule has 9 heteroatoms. The number of pyridine rings is 1. The summed E-state index contributed by atoms with van der Waals surface area (Å²) in [5, 5.41) is 24.4. The number of anilines is 1. The van der Waals surface area contributed by atoms with Crippen molar-refractivity contribution in [2.45, 2.75) is 20.0 Å². The lowest BCUT2D eigenvalue weighted by atomic mass is 9.97. The van der Waals surface area contributed by atoms with Crippen LogP contribution in [0.4, 0.5) is 10.2 Å². The first-order valence-electron chi connectivity index (χ1n) is 9.36. The van der Waals surface area contributed by atoms with Crippen LogP contribution in [0.5, 0.6) is 0 Å². The highest BCUT2D eigenvalue weighted by molar-refractivity contribution is 6.31. The number of aliphatic hydroxyl groups is 1. The van der Waals surface area contributed by atoms with Crippen molar-refractivity contribution in [1.29, 1.82) is 5.26 Å². The second kappa shape index (κ2) is 6.62. The molecule has 4 heterocycles. The van der Waals surface area contributed by atoms with Gasteiger partial charge in [0.2, 0.25) is 0 Å². The van der Waals surface area contributed by atoms with E-state index >= 15 is 0 Å². The lowest BCUT2D eigenvalue weighted by Crippen LogP contribution is -2.51. The van der Waals surface area contributed by atoms with Crippen molar-refractivity contribution >= 4 is 34.0 Å². The van der Waals surface area contributed by atoms with E-state index in [0.717, 1.165) is 11.1 Å². The highest BCUT2D eigenvalue weighted by Gasteiger charge is 2.32. The Kier molecular flexibility index (Phi) is 4.13. The average Bonchev–Trinajstić information content (AvgIpc) is 3.02. The van der Waals surface area contributed by atoms with E-state index in [1.807, 2.05) is 24.0 Å². The Labute approximate surface area is 176 Å². The molecule has 1 aliphatic heterocycles. The van der Waals surface area contributed by atoms with E-state index < -0.39 is 6.10 Å². The maximum atomic E-state index is 14.7. The van der Waals surface area contributed by atoms with Gasteiger partial charge in [-0.2, -0.15) is 14.9 Å². The molecule has 1 aromatic carbocycles. The van der Waals surface area contributed by atoms with Crippen molar-refractivity contribution < 1.29 is 9.50 Å². The van der Waals surface area contributed by atoms with Crippen LogP contribution >= 0.6 is 11.6 Å². The van der Waals surface area contributed by atoms with Gasteiger partial charge in [-0.1, -0.05) is 23.7 Å². The number of nitriles is 1. The molecule has 0 atom stereocenters. The zero-order chi connectivity index (χ0) is 21.2. The number of hydrogen-bond donors (Lipinski definition) is 1. The Balaban J connectivity index is 1.90.